The van der Waals surface area contributed by atoms with Crippen molar-refractivity contribution in [2.24, 2.45) is 16.7 Å². The fourth-order valence-electron chi connectivity index (χ4n) is 3.83. The van der Waals surface area contributed by atoms with E-state index in [1.807, 2.05) is 7.05 Å². The van der Waals surface area contributed by atoms with Crippen molar-refractivity contribution in [3.05, 3.63) is 0 Å². The number of likely N-dealkylation sites (N-methyl/N-ethyl adjacent to an activating group) is 1. The van der Waals surface area contributed by atoms with Crippen molar-refractivity contribution in [3.63, 3.8) is 0 Å². The summed E-state index contributed by atoms with van der Waals surface area (Å²) in [4.78, 5) is 11.7. The number of amides is 1. The molecule has 2 saturated carbocycles. The maximum absolute atomic E-state index is 11.7. The van der Waals surface area contributed by atoms with Crippen molar-refractivity contribution < 1.29 is 4.79 Å². The molecule has 2 rings (SSSR count). The van der Waals surface area contributed by atoms with Gasteiger partial charge < -0.3 is 10.6 Å². The van der Waals surface area contributed by atoms with Crippen LogP contribution in [0, 0.1) is 16.7 Å². The van der Waals surface area contributed by atoms with Gasteiger partial charge in [0.15, 0.2) is 0 Å². The van der Waals surface area contributed by atoms with Gasteiger partial charge in [-0.15, -0.1) is 0 Å². The second-order valence-electron chi connectivity index (χ2n) is 6.26. The molecule has 0 aromatic heterocycles. The van der Waals surface area contributed by atoms with Gasteiger partial charge in [-0.1, -0.05) is 20.8 Å². The largest absolute Gasteiger partial charge is 0.352 e. The molecule has 0 spiro atoms. The van der Waals surface area contributed by atoms with Crippen molar-refractivity contribution in [1.29, 1.82) is 0 Å². The molecule has 0 heterocycles. The number of fused-ring (bicyclic) bond motifs is 2. The molecule has 3 unspecified atom stereocenters. The molecule has 0 radical (unpaired) electrons. The molecule has 2 aliphatic rings. The molecule has 0 aromatic rings. The van der Waals surface area contributed by atoms with Crippen LogP contribution in [0.4, 0.5) is 0 Å². The van der Waals surface area contributed by atoms with E-state index in [1.165, 1.54) is 19.3 Å². The lowest BCUT2D eigenvalue weighted by atomic mass is 9.69. The van der Waals surface area contributed by atoms with Gasteiger partial charge in [-0.3, -0.25) is 4.79 Å². The smallest absolute Gasteiger partial charge is 0.234 e. The minimum atomic E-state index is 0.136. The number of carbonyl (C=O) groups excluding carboxylic acids is 1. The predicted molar refractivity (Wildman–Crippen MR) is 65.1 cm³/mol. The second-order valence-corrected chi connectivity index (χ2v) is 6.26. The summed E-state index contributed by atoms with van der Waals surface area (Å²) >= 11 is 0. The first-order chi connectivity index (χ1) is 7.41. The summed E-state index contributed by atoms with van der Waals surface area (Å²) < 4.78 is 0. The summed E-state index contributed by atoms with van der Waals surface area (Å²) in [6, 6.07) is 0.377. The summed E-state index contributed by atoms with van der Waals surface area (Å²) in [6.07, 6.45) is 3.76. The first-order valence-corrected chi connectivity index (χ1v) is 6.36. The molecule has 3 heteroatoms. The number of hydrogen-bond acceptors (Lipinski definition) is 2. The third kappa shape index (κ3) is 1.48. The van der Waals surface area contributed by atoms with Crippen LogP contribution < -0.4 is 10.6 Å². The van der Waals surface area contributed by atoms with Gasteiger partial charge >= 0.3 is 0 Å². The Morgan fingerprint density at radius 1 is 1.38 bits per heavy atom. The van der Waals surface area contributed by atoms with Crippen LogP contribution in [0.15, 0.2) is 0 Å². The molecule has 92 valence electrons. The zero-order valence-electron chi connectivity index (χ0n) is 10.9. The first kappa shape index (κ1) is 11.9. The van der Waals surface area contributed by atoms with Crippen molar-refractivity contribution in [2.75, 3.05) is 13.6 Å². The Balaban J connectivity index is 2.07. The normalized spacial score (nSPS) is 40.0. The van der Waals surface area contributed by atoms with E-state index in [-0.39, 0.29) is 5.91 Å². The molecule has 2 bridgehead atoms. The Morgan fingerprint density at radius 2 is 2.06 bits per heavy atom. The van der Waals surface area contributed by atoms with Crippen LogP contribution in [0.3, 0.4) is 0 Å². The molecule has 0 saturated heterocycles. The highest BCUT2D eigenvalue weighted by molar-refractivity contribution is 5.78. The molecule has 3 nitrogen and oxygen atoms in total. The Labute approximate surface area is 98.4 Å². The predicted octanol–water partition coefficient (Wildman–Crippen LogP) is 1.54. The van der Waals surface area contributed by atoms with E-state index in [0.717, 1.165) is 5.92 Å². The lowest BCUT2D eigenvalue weighted by molar-refractivity contribution is -0.121. The van der Waals surface area contributed by atoms with Crippen LogP contribution in [0.1, 0.15) is 40.0 Å². The Kier molecular flexibility index (Phi) is 2.77. The Bertz CT molecular complexity index is 300. The van der Waals surface area contributed by atoms with E-state index in [4.69, 9.17) is 0 Å². The van der Waals surface area contributed by atoms with E-state index in [9.17, 15) is 4.79 Å². The zero-order chi connectivity index (χ0) is 12.0. The molecule has 1 amide bonds. The van der Waals surface area contributed by atoms with Gasteiger partial charge in [-0.2, -0.15) is 0 Å². The average Bonchev–Trinajstić information content (AvgIpc) is 2.51. The number of rotatable bonds is 3. The van der Waals surface area contributed by atoms with Gasteiger partial charge in [0.1, 0.15) is 0 Å². The summed E-state index contributed by atoms with van der Waals surface area (Å²) in [5, 5.41) is 6.11. The van der Waals surface area contributed by atoms with Gasteiger partial charge in [-0.05, 0) is 43.1 Å². The molecule has 2 aliphatic carbocycles. The number of carbonyl (C=O) groups is 1. The fourth-order valence-corrected chi connectivity index (χ4v) is 3.83. The molecule has 2 fully saturated rings. The standard InChI is InChI=1S/C13H24N2O/c1-12(2)9-5-6-13(12,3)10(7-9)15-11(16)8-14-4/h9-10,14H,5-8H2,1-4H3,(H,15,16). The van der Waals surface area contributed by atoms with Crippen LogP contribution in [-0.2, 0) is 4.79 Å². The zero-order valence-corrected chi connectivity index (χ0v) is 10.9. The van der Waals surface area contributed by atoms with Gasteiger partial charge in [0, 0.05) is 6.04 Å². The maximum Gasteiger partial charge on any atom is 0.234 e. The Hall–Kier alpha value is -0.570. The van der Waals surface area contributed by atoms with Gasteiger partial charge in [0.05, 0.1) is 6.54 Å². The van der Waals surface area contributed by atoms with E-state index < -0.39 is 0 Å². The first-order valence-electron chi connectivity index (χ1n) is 6.36. The van der Waals surface area contributed by atoms with Crippen LogP contribution in [-0.4, -0.2) is 25.5 Å². The highest BCUT2D eigenvalue weighted by Gasteiger charge is 2.61. The van der Waals surface area contributed by atoms with Crippen molar-refractivity contribution in [2.45, 2.75) is 46.1 Å². The van der Waals surface area contributed by atoms with Crippen molar-refractivity contribution >= 4 is 5.91 Å². The average molecular weight is 224 g/mol. The number of hydrogen-bond donors (Lipinski definition) is 2. The topological polar surface area (TPSA) is 41.1 Å². The van der Waals surface area contributed by atoms with Crippen molar-refractivity contribution in [1.82, 2.24) is 10.6 Å². The second kappa shape index (κ2) is 3.73. The highest BCUT2D eigenvalue weighted by atomic mass is 16.2. The summed E-state index contributed by atoms with van der Waals surface area (Å²) in [5.41, 5.74) is 0.672. The molecule has 2 N–H and O–H groups in total. The minimum Gasteiger partial charge on any atom is -0.352 e. The SMILES string of the molecule is CNCC(=O)NC1CC2CCC1(C)C2(C)C. The van der Waals surface area contributed by atoms with E-state index in [1.54, 1.807) is 0 Å². The van der Waals surface area contributed by atoms with Crippen LogP contribution >= 0.6 is 0 Å². The number of nitrogens with one attached hydrogen (secondary N) is 2. The third-order valence-electron chi connectivity index (χ3n) is 5.47. The summed E-state index contributed by atoms with van der Waals surface area (Å²) in [5.74, 6) is 0.925. The van der Waals surface area contributed by atoms with E-state index in [2.05, 4.69) is 31.4 Å². The van der Waals surface area contributed by atoms with Crippen LogP contribution in [0.5, 0.6) is 0 Å². The molecular weight excluding hydrogens is 200 g/mol. The lowest BCUT2D eigenvalue weighted by Crippen LogP contribution is -2.48. The lowest BCUT2D eigenvalue weighted by Gasteiger charge is -2.39. The summed E-state index contributed by atoms with van der Waals surface area (Å²) in [7, 11) is 1.81. The molecule has 0 aromatic carbocycles. The molecule has 3 atom stereocenters. The summed E-state index contributed by atoms with van der Waals surface area (Å²) in [6.45, 7) is 7.52. The third-order valence-corrected chi connectivity index (χ3v) is 5.47. The van der Waals surface area contributed by atoms with Gasteiger partial charge in [0.25, 0.3) is 0 Å². The van der Waals surface area contributed by atoms with E-state index in [0.29, 0.717) is 23.4 Å². The quantitative estimate of drug-likeness (QED) is 0.763. The van der Waals surface area contributed by atoms with Gasteiger partial charge in [0.2, 0.25) is 5.91 Å². The maximum atomic E-state index is 11.7. The monoisotopic (exact) mass is 224 g/mol. The molecule has 16 heavy (non-hydrogen) atoms. The molecular formula is C13H24N2O. The van der Waals surface area contributed by atoms with Crippen LogP contribution in [0.25, 0.3) is 0 Å². The van der Waals surface area contributed by atoms with Gasteiger partial charge in [-0.25, -0.2) is 0 Å². The highest BCUT2D eigenvalue weighted by Crippen LogP contribution is 2.65. The Morgan fingerprint density at radius 3 is 2.50 bits per heavy atom. The fraction of sp³-hybridized carbons (Fsp3) is 0.923. The molecule has 0 aliphatic heterocycles. The van der Waals surface area contributed by atoms with E-state index >= 15 is 0 Å². The van der Waals surface area contributed by atoms with Crippen molar-refractivity contribution in [3.8, 4) is 0 Å². The van der Waals surface area contributed by atoms with Crippen LogP contribution in [0.2, 0.25) is 0 Å². The minimum absolute atomic E-state index is 0.136.